The van der Waals surface area contributed by atoms with Crippen molar-refractivity contribution >= 4 is 11.9 Å². The molecule has 0 aliphatic carbocycles. The van der Waals surface area contributed by atoms with E-state index in [4.69, 9.17) is 4.74 Å². The Kier molecular flexibility index (Phi) is 5.23. The molecule has 6 heteroatoms. The highest BCUT2D eigenvalue weighted by Gasteiger charge is 2.57. The molecule has 2 aliphatic rings. The lowest BCUT2D eigenvalue weighted by molar-refractivity contribution is -0.136. The van der Waals surface area contributed by atoms with Crippen LogP contribution in [0.1, 0.15) is 32.3 Å². The van der Waals surface area contributed by atoms with Crippen LogP contribution in [-0.2, 0) is 11.3 Å². The van der Waals surface area contributed by atoms with Crippen molar-refractivity contribution in [3.8, 4) is 5.75 Å². The molecule has 2 heterocycles. The van der Waals surface area contributed by atoms with E-state index in [9.17, 15) is 9.59 Å². The van der Waals surface area contributed by atoms with E-state index >= 15 is 0 Å². The van der Waals surface area contributed by atoms with Crippen LogP contribution in [-0.4, -0.2) is 66.0 Å². The van der Waals surface area contributed by atoms with Crippen LogP contribution in [0.15, 0.2) is 24.3 Å². The summed E-state index contributed by atoms with van der Waals surface area (Å²) in [4.78, 5) is 32.0. The number of rotatable bonds is 5. The second-order valence-electron chi connectivity index (χ2n) is 7.86. The first kappa shape index (κ1) is 18.7. The summed E-state index contributed by atoms with van der Waals surface area (Å²) < 4.78 is 5.18. The predicted octanol–water partition coefficient (Wildman–Crippen LogP) is 2.58. The summed E-state index contributed by atoms with van der Waals surface area (Å²) in [5.74, 6) is 1.05. The van der Waals surface area contributed by atoms with Crippen LogP contribution in [0.25, 0.3) is 0 Å². The largest absolute Gasteiger partial charge is 0.497 e. The Balaban J connectivity index is 1.86. The molecule has 2 saturated heterocycles. The second-order valence-corrected chi connectivity index (χ2v) is 7.86. The fourth-order valence-corrected chi connectivity index (χ4v) is 3.93. The number of amides is 3. The van der Waals surface area contributed by atoms with Crippen LogP contribution in [0.2, 0.25) is 0 Å². The third kappa shape index (κ3) is 3.30. The van der Waals surface area contributed by atoms with Gasteiger partial charge in [-0.25, -0.2) is 4.79 Å². The average Bonchev–Trinajstić information content (AvgIpc) is 2.80. The normalized spacial score (nSPS) is 20.5. The molecule has 142 valence electrons. The lowest BCUT2D eigenvalue weighted by Gasteiger charge is -2.41. The molecule has 6 nitrogen and oxygen atoms in total. The molecule has 0 atom stereocenters. The maximum Gasteiger partial charge on any atom is 0.327 e. The number of carbonyl (C=O) groups is 2. The number of urea groups is 1. The van der Waals surface area contributed by atoms with Gasteiger partial charge in [0.25, 0.3) is 5.91 Å². The van der Waals surface area contributed by atoms with Gasteiger partial charge in [-0.1, -0.05) is 26.0 Å². The molecule has 1 aromatic carbocycles. The van der Waals surface area contributed by atoms with Gasteiger partial charge in [0.2, 0.25) is 0 Å². The van der Waals surface area contributed by atoms with Crippen molar-refractivity contribution < 1.29 is 14.3 Å². The Morgan fingerprint density at radius 3 is 2.27 bits per heavy atom. The molecular weight excluding hydrogens is 330 g/mol. The number of hydrogen-bond acceptors (Lipinski definition) is 4. The lowest BCUT2D eigenvalue weighted by Crippen LogP contribution is -2.56. The first-order chi connectivity index (χ1) is 12.4. The predicted molar refractivity (Wildman–Crippen MR) is 99.9 cm³/mol. The maximum atomic E-state index is 13.3. The highest BCUT2D eigenvalue weighted by molar-refractivity contribution is 6.07. The van der Waals surface area contributed by atoms with Crippen molar-refractivity contribution in [3.05, 3.63) is 29.8 Å². The lowest BCUT2D eigenvalue weighted by atomic mass is 9.85. The van der Waals surface area contributed by atoms with Crippen LogP contribution in [0.4, 0.5) is 4.79 Å². The van der Waals surface area contributed by atoms with Crippen molar-refractivity contribution in [2.24, 2.45) is 5.92 Å². The third-order valence-corrected chi connectivity index (χ3v) is 5.48. The molecule has 3 amide bonds. The molecule has 3 rings (SSSR count). The van der Waals surface area contributed by atoms with Gasteiger partial charge in [-0.05, 0) is 43.5 Å². The number of ether oxygens (including phenoxy) is 1. The van der Waals surface area contributed by atoms with Gasteiger partial charge < -0.3 is 14.5 Å². The SMILES string of the molecule is COc1ccc(CN2C(=O)N(CC(C)C)C3(CCN(C)CC3)C2=O)cc1. The van der Waals surface area contributed by atoms with Crippen molar-refractivity contribution in [1.29, 1.82) is 0 Å². The molecular formula is C20H29N3O3. The Bertz CT molecular complexity index is 663. The minimum absolute atomic E-state index is 0.0351. The van der Waals surface area contributed by atoms with Crippen LogP contribution >= 0.6 is 0 Å². The van der Waals surface area contributed by atoms with Gasteiger partial charge >= 0.3 is 6.03 Å². The number of nitrogens with zero attached hydrogens (tertiary/aromatic N) is 3. The molecule has 0 saturated carbocycles. The van der Waals surface area contributed by atoms with Gasteiger partial charge in [0.15, 0.2) is 0 Å². The highest BCUT2D eigenvalue weighted by Crippen LogP contribution is 2.38. The molecule has 1 aromatic rings. The fraction of sp³-hybridized carbons (Fsp3) is 0.600. The number of piperidine rings is 1. The summed E-state index contributed by atoms with van der Waals surface area (Å²) in [7, 11) is 3.69. The molecule has 2 aliphatic heterocycles. The van der Waals surface area contributed by atoms with Gasteiger partial charge in [-0.15, -0.1) is 0 Å². The Morgan fingerprint density at radius 1 is 1.12 bits per heavy atom. The number of hydrogen-bond donors (Lipinski definition) is 0. The van der Waals surface area contributed by atoms with E-state index < -0.39 is 5.54 Å². The molecule has 0 N–H and O–H groups in total. The summed E-state index contributed by atoms with van der Waals surface area (Å²) in [6.45, 7) is 6.79. The fourth-order valence-electron chi connectivity index (χ4n) is 3.93. The maximum absolute atomic E-state index is 13.3. The minimum Gasteiger partial charge on any atom is -0.497 e. The van der Waals surface area contributed by atoms with Crippen LogP contribution in [0.3, 0.4) is 0 Å². The summed E-state index contributed by atoms with van der Waals surface area (Å²) in [5, 5.41) is 0. The van der Waals surface area contributed by atoms with E-state index in [1.807, 2.05) is 29.2 Å². The summed E-state index contributed by atoms with van der Waals surface area (Å²) in [5.41, 5.74) is 0.266. The van der Waals surface area contributed by atoms with Gasteiger partial charge in [0.05, 0.1) is 13.7 Å². The zero-order valence-corrected chi connectivity index (χ0v) is 16.2. The van der Waals surface area contributed by atoms with Crippen LogP contribution < -0.4 is 4.74 Å². The van der Waals surface area contributed by atoms with Gasteiger partial charge in [-0.2, -0.15) is 0 Å². The van der Waals surface area contributed by atoms with E-state index in [0.717, 1.165) is 24.4 Å². The molecule has 2 fully saturated rings. The van der Waals surface area contributed by atoms with E-state index in [1.54, 1.807) is 7.11 Å². The minimum atomic E-state index is -0.666. The second kappa shape index (κ2) is 7.27. The van der Waals surface area contributed by atoms with E-state index in [1.165, 1.54) is 4.90 Å². The monoisotopic (exact) mass is 359 g/mol. The topological polar surface area (TPSA) is 53.1 Å². The number of imide groups is 1. The first-order valence-corrected chi connectivity index (χ1v) is 9.32. The average molecular weight is 359 g/mol. The molecule has 26 heavy (non-hydrogen) atoms. The Morgan fingerprint density at radius 2 is 1.73 bits per heavy atom. The third-order valence-electron chi connectivity index (χ3n) is 5.48. The quantitative estimate of drug-likeness (QED) is 0.759. The van der Waals surface area contributed by atoms with E-state index in [-0.39, 0.29) is 11.9 Å². The van der Waals surface area contributed by atoms with E-state index in [0.29, 0.717) is 31.8 Å². The zero-order valence-electron chi connectivity index (χ0n) is 16.2. The summed E-state index contributed by atoms with van der Waals surface area (Å²) >= 11 is 0. The van der Waals surface area contributed by atoms with Crippen LogP contribution in [0, 0.1) is 5.92 Å². The molecule has 0 aromatic heterocycles. The van der Waals surface area contributed by atoms with Crippen molar-refractivity contribution in [2.75, 3.05) is 33.8 Å². The number of methoxy groups -OCH3 is 1. The molecule has 1 spiro atoms. The summed E-state index contributed by atoms with van der Waals surface area (Å²) in [6, 6.07) is 7.39. The van der Waals surface area contributed by atoms with Crippen molar-refractivity contribution in [3.63, 3.8) is 0 Å². The van der Waals surface area contributed by atoms with Crippen molar-refractivity contribution in [1.82, 2.24) is 14.7 Å². The van der Waals surface area contributed by atoms with Gasteiger partial charge in [-0.3, -0.25) is 9.69 Å². The Labute approximate surface area is 155 Å². The first-order valence-electron chi connectivity index (χ1n) is 9.32. The van der Waals surface area contributed by atoms with Gasteiger partial charge in [0, 0.05) is 19.6 Å². The standard InChI is InChI=1S/C20H29N3O3/c1-15(2)13-23-19(25)22(14-16-5-7-17(26-4)8-6-16)18(24)20(23)9-11-21(3)12-10-20/h5-8,15H,9-14H2,1-4H3. The number of benzene rings is 1. The molecule has 0 radical (unpaired) electrons. The van der Waals surface area contributed by atoms with Crippen molar-refractivity contribution in [2.45, 2.75) is 38.8 Å². The Hall–Kier alpha value is -2.08. The smallest absolute Gasteiger partial charge is 0.327 e. The van der Waals surface area contributed by atoms with E-state index in [2.05, 4.69) is 25.8 Å². The summed E-state index contributed by atoms with van der Waals surface area (Å²) in [6.07, 6.45) is 1.42. The molecule has 0 unspecified atom stereocenters. The number of carbonyl (C=O) groups excluding carboxylic acids is 2. The zero-order chi connectivity index (χ0) is 18.9. The highest BCUT2D eigenvalue weighted by atomic mass is 16.5. The van der Waals surface area contributed by atoms with Crippen LogP contribution in [0.5, 0.6) is 5.75 Å². The van der Waals surface area contributed by atoms with Gasteiger partial charge in [0.1, 0.15) is 11.3 Å². The number of likely N-dealkylation sites (tertiary alicyclic amines) is 1. The molecule has 0 bridgehead atoms.